The maximum Gasteiger partial charge on any atom is 0.319 e. The topological polar surface area (TPSA) is 118 Å². The largest absolute Gasteiger partial charge is 0.480 e. The monoisotopic (exact) mass is 220 g/mol. The summed E-state index contributed by atoms with van der Waals surface area (Å²) in [5, 5.41) is 27.3. The van der Waals surface area contributed by atoms with Crippen LogP contribution in [0.25, 0.3) is 0 Å². The maximum absolute atomic E-state index is 10.4. The number of likely N-dealkylation sites (N-methyl/N-ethyl adjacent to an activating group) is 1. The van der Waals surface area contributed by atoms with Gasteiger partial charge < -0.3 is 15.3 Å². The van der Waals surface area contributed by atoms with Gasteiger partial charge in [-0.25, -0.2) is 10.0 Å². The Morgan fingerprint density at radius 1 is 0.867 bits per heavy atom. The molecule has 0 unspecified atom stereocenters. The molecule has 0 heterocycles. The molecule has 0 aliphatic rings. The molecule has 0 aliphatic carbocycles. The molecule has 0 aromatic carbocycles. The highest BCUT2D eigenvalue weighted by Crippen LogP contribution is 1.94. The summed E-state index contributed by atoms with van der Waals surface area (Å²) in [5.41, 5.74) is 0. The Morgan fingerprint density at radius 2 is 1.20 bits per heavy atom. The lowest BCUT2D eigenvalue weighted by Crippen LogP contribution is -2.47. The smallest absolute Gasteiger partial charge is 0.319 e. The van der Waals surface area contributed by atoms with Crippen molar-refractivity contribution in [2.75, 3.05) is 26.7 Å². The number of hydrogen-bond donors (Lipinski definition) is 3. The van der Waals surface area contributed by atoms with Crippen molar-refractivity contribution < 1.29 is 29.7 Å². The molecule has 0 aliphatic heterocycles. The highest BCUT2D eigenvalue weighted by Gasteiger charge is 2.19. The molecule has 0 aromatic rings. The van der Waals surface area contributed by atoms with Gasteiger partial charge in [-0.1, -0.05) is 0 Å². The molecule has 0 spiro atoms. The summed E-state index contributed by atoms with van der Waals surface area (Å²) in [6.07, 6.45) is 0. The third-order valence-corrected chi connectivity index (χ3v) is 1.48. The fourth-order valence-corrected chi connectivity index (χ4v) is 0.905. The van der Waals surface area contributed by atoms with Gasteiger partial charge in [-0.15, -0.1) is 0 Å². The van der Waals surface area contributed by atoms with Crippen molar-refractivity contribution in [2.24, 2.45) is 0 Å². The lowest BCUT2D eigenvalue weighted by molar-refractivity contribution is -0.156. The molecule has 0 saturated carbocycles. The van der Waals surface area contributed by atoms with E-state index in [0.29, 0.717) is 0 Å². The van der Waals surface area contributed by atoms with E-state index in [-0.39, 0.29) is 0 Å². The van der Waals surface area contributed by atoms with Crippen molar-refractivity contribution in [3.05, 3.63) is 0 Å². The van der Waals surface area contributed by atoms with Crippen molar-refractivity contribution in [1.29, 1.82) is 0 Å². The molecule has 0 rings (SSSR count). The molecule has 3 N–H and O–H groups in total. The highest BCUT2D eigenvalue weighted by atomic mass is 16.4. The molecule has 0 aromatic heterocycles. The molecule has 8 heteroatoms. The van der Waals surface area contributed by atoms with Crippen LogP contribution in [0.4, 0.5) is 0 Å². The Bertz CT molecular complexity index is 250. The average Bonchev–Trinajstić information content (AvgIpc) is 1.99. The molecule has 0 bridgehead atoms. The highest BCUT2D eigenvalue weighted by molar-refractivity contribution is 5.73. The van der Waals surface area contributed by atoms with Crippen molar-refractivity contribution in [3.8, 4) is 0 Å². The van der Waals surface area contributed by atoms with Gasteiger partial charge in [0.25, 0.3) is 0 Å². The summed E-state index contributed by atoms with van der Waals surface area (Å²) in [5.74, 6) is -3.62. The minimum atomic E-state index is -1.23. The molecule has 0 radical (unpaired) electrons. The second-order valence-corrected chi connectivity index (χ2v) is 2.82. The van der Waals surface area contributed by atoms with Crippen molar-refractivity contribution in [1.82, 2.24) is 10.0 Å². The van der Waals surface area contributed by atoms with Gasteiger partial charge in [0, 0.05) is 7.05 Å². The van der Waals surface area contributed by atoms with Crippen molar-refractivity contribution in [2.45, 2.75) is 0 Å². The fraction of sp³-hybridized carbons (Fsp3) is 0.571. The Labute approximate surface area is 85.3 Å². The van der Waals surface area contributed by atoms with E-state index < -0.39 is 37.5 Å². The number of carbonyl (C=O) groups is 3. The van der Waals surface area contributed by atoms with E-state index in [4.69, 9.17) is 15.3 Å². The number of carboxylic acid groups (broad SMARTS) is 3. The molecular weight excluding hydrogens is 208 g/mol. The van der Waals surface area contributed by atoms with Crippen LogP contribution in [0.2, 0.25) is 0 Å². The maximum atomic E-state index is 10.4. The third-order valence-electron chi connectivity index (χ3n) is 1.48. The van der Waals surface area contributed by atoms with Crippen LogP contribution < -0.4 is 0 Å². The van der Waals surface area contributed by atoms with Crippen LogP contribution in [0, 0.1) is 0 Å². The minimum absolute atomic E-state index is 0.458. The van der Waals surface area contributed by atoms with Crippen LogP contribution in [-0.2, 0) is 14.4 Å². The lowest BCUT2D eigenvalue weighted by Gasteiger charge is -2.27. The van der Waals surface area contributed by atoms with Crippen LogP contribution in [0.5, 0.6) is 0 Å². The van der Waals surface area contributed by atoms with Crippen LogP contribution in [0.1, 0.15) is 0 Å². The number of carboxylic acids is 3. The third kappa shape index (κ3) is 6.41. The van der Waals surface area contributed by atoms with E-state index in [1.54, 1.807) is 0 Å². The van der Waals surface area contributed by atoms with Gasteiger partial charge in [0.05, 0.1) is 0 Å². The first-order valence-corrected chi connectivity index (χ1v) is 3.94. The van der Waals surface area contributed by atoms with Gasteiger partial charge in [-0.05, 0) is 0 Å². The first-order valence-electron chi connectivity index (χ1n) is 3.94. The summed E-state index contributed by atoms with van der Waals surface area (Å²) in [7, 11) is 1.31. The molecule has 86 valence electrons. The van der Waals surface area contributed by atoms with Gasteiger partial charge in [0.15, 0.2) is 0 Å². The normalized spacial score (nSPS) is 10.6. The Kier molecular flexibility index (Phi) is 5.27. The first-order chi connectivity index (χ1) is 6.82. The zero-order valence-electron chi connectivity index (χ0n) is 8.08. The van der Waals surface area contributed by atoms with Crippen molar-refractivity contribution in [3.63, 3.8) is 0 Å². The van der Waals surface area contributed by atoms with Crippen LogP contribution in [-0.4, -0.2) is 69.9 Å². The lowest BCUT2D eigenvalue weighted by atomic mass is 10.5. The van der Waals surface area contributed by atoms with E-state index in [9.17, 15) is 14.4 Å². The quantitative estimate of drug-likeness (QED) is 0.438. The predicted molar refractivity (Wildman–Crippen MR) is 47.1 cm³/mol. The minimum Gasteiger partial charge on any atom is -0.480 e. The SMILES string of the molecule is CN(CC(=O)O)N(CC(=O)O)CC(=O)O. The predicted octanol–water partition coefficient (Wildman–Crippen LogP) is -1.61. The van der Waals surface area contributed by atoms with Crippen LogP contribution >= 0.6 is 0 Å². The number of rotatable bonds is 7. The summed E-state index contributed by atoms with van der Waals surface area (Å²) < 4.78 is 0. The summed E-state index contributed by atoms with van der Waals surface area (Å²) in [6.45, 7) is -1.58. The van der Waals surface area contributed by atoms with Gasteiger partial charge >= 0.3 is 17.9 Å². The van der Waals surface area contributed by atoms with E-state index in [1.165, 1.54) is 7.05 Å². The molecule has 15 heavy (non-hydrogen) atoms. The standard InChI is InChI=1S/C7H12N2O6/c1-8(2-5(10)11)9(3-6(12)13)4-7(14)15/h2-4H2,1H3,(H,10,11)(H,12,13)(H,14,15). The second-order valence-electron chi connectivity index (χ2n) is 2.82. The number of nitrogens with zero attached hydrogens (tertiary/aromatic N) is 2. The van der Waals surface area contributed by atoms with Gasteiger partial charge in [0.1, 0.15) is 19.6 Å². The van der Waals surface area contributed by atoms with E-state index >= 15 is 0 Å². The van der Waals surface area contributed by atoms with Gasteiger partial charge in [0.2, 0.25) is 0 Å². The molecule has 0 saturated heterocycles. The summed E-state index contributed by atoms with van der Waals surface area (Å²) in [6, 6.07) is 0. The Morgan fingerprint density at radius 3 is 1.47 bits per heavy atom. The van der Waals surface area contributed by atoms with E-state index in [1.807, 2.05) is 0 Å². The van der Waals surface area contributed by atoms with Crippen LogP contribution in [0.15, 0.2) is 0 Å². The van der Waals surface area contributed by atoms with E-state index in [0.717, 1.165) is 10.0 Å². The zero-order valence-corrected chi connectivity index (χ0v) is 8.08. The van der Waals surface area contributed by atoms with Gasteiger partial charge in [-0.2, -0.15) is 0 Å². The molecule has 0 amide bonds. The van der Waals surface area contributed by atoms with E-state index in [2.05, 4.69) is 0 Å². The molecular formula is C7H12N2O6. The summed E-state index contributed by atoms with van der Waals surface area (Å²) >= 11 is 0. The second kappa shape index (κ2) is 5.94. The Hall–Kier alpha value is -1.67. The Balaban J connectivity index is 4.38. The molecule has 0 fully saturated rings. The zero-order chi connectivity index (χ0) is 12.0. The number of aliphatic carboxylic acids is 3. The number of hydrazine groups is 1. The van der Waals surface area contributed by atoms with Crippen LogP contribution in [0.3, 0.4) is 0 Å². The van der Waals surface area contributed by atoms with Crippen molar-refractivity contribution >= 4 is 17.9 Å². The number of hydrogen-bond acceptors (Lipinski definition) is 5. The molecule has 8 nitrogen and oxygen atoms in total. The summed E-state index contributed by atoms with van der Waals surface area (Å²) in [4.78, 5) is 31.1. The molecule has 0 atom stereocenters. The fourth-order valence-electron chi connectivity index (χ4n) is 0.905. The van der Waals surface area contributed by atoms with Gasteiger partial charge in [-0.3, -0.25) is 14.4 Å². The first kappa shape index (κ1) is 13.3. The average molecular weight is 220 g/mol.